The average Bonchev–Trinajstić information content (AvgIpc) is 2.77. The molecular weight excluding hydrogens is 376 g/mol. The van der Waals surface area contributed by atoms with Crippen molar-refractivity contribution in [3.63, 3.8) is 0 Å². The third-order valence-corrected chi connectivity index (χ3v) is 4.46. The molecule has 0 aliphatic heterocycles. The molecule has 3 rings (SSSR count). The van der Waals surface area contributed by atoms with E-state index in [0.717, 1.165) is 11.1 Å². The molecule has 30 heavy (non-hydrogen) atoms. The van der Waals surface area contributed by atoms with Crippen molar-refractivity contribution in [1.29, 1.82) is 5.26 Å². The van der Waals surface area contributed by atoms with Gasteiger partial charge in [-0.25, -0.2) is 0 Å². The molecule has 0 aromatic heterocycles. The molecule has 0 bridgehead atoms. The molecule has 0 heterocycles. The summed E-state index contributed by atoms with van der Waals surface area (Å²) in [5, 5.41) is 17.6. The lowest BCUT2D eigenvalue weighted by Gasteiger charge is -2.12. The molecule has 150 valence electrons. The van der Waals surface area contributed by atoms with Gasteiger partial charge in [-0.2, -0.15) is 5.26 Å². The van der Waals surface area contributed by atoms with Gasteiger partial charge in [-0.3, -0.25) is 9.59 Å². The van der Waals surface area contributed by atoms with Crippen molar-refractivity contribution >= 4 is 23.2 Å². The van der Waals surface area contributed by atoms with Crippen LogP contribution >= 0.6 is 0 Å². The number of para-hydroxylation sites is 1. The molecule has 0 aliphatic carbocycles. The number of anilines is 2. The van der Waals surface area contributed by atoms with Gasteiger partial charge in [-0.1, -0.05) is 48.0 Å². The van der Waals surface area contributed by atoms with Crippen LogP contribution in [0.4, 0.5) is 11.4 Å². The maximum atomic E-state index is 12.6. The van der Waals surface area contributed by atoms with Crippen molar-refractivity contribution in [1.82, 2.24) is 5.32 Å². The van der Waals surface area contributed by atoms with E-state index in [-0.39, 0.29) is 18.4 Å². The molecule has 3 N–H and O–H groups in total. The molecule has 3 aromatic carbocycles. The Labute approximate surface area is 175 Å². The Morgan fingerprint density at radius 2 is 1.73 bits per heavy atom. The Morgan fingerprint density at radius 1 is 0.967 bits per heavy atom. The summed E-state index contributed by atoms with van der Waals surface area (Å²) in [7, 11) is 0. The number of aryl methyl sites for hydroxylation is 1. The molecule has 0 aliphatic rings. The summed E-state index contributed by atoms with van der Waals surface area (Å²) in [6.07, 6.45) is 0. The standard InChI is InChI=1S/C24H22N4O2/c1-17-9-11-18(12-10-17)15-27-24(30)21-7-2-3-8-22(21)28-23(29)16-26-20-6-4-5-19(13-20)14-25/h2-13,26H,15-16H2,1H3,(H,27,30)(H,28,29). The van der Waals surface area contributed by atoms with E-state index in [0.29, 0.717) is 29.0 Å². The number of nitrogens with one attached hydrogen (secondary N) is 3. The number of hydrogen-bond acceptors (Lipinski definition) is 4. The average molecular weight is 398 g/mol. The predicted octanol–water partition coefficient (Wildman–Crippen LogP) is 3.85. The normalized spacial score (nSPS) is 10.0. The van der Waals surface area contributed by atoms with Crippen LogP contribution in [0.2, 0.25) is 0 Å². The predicted molar refractivity (Wildman–Crippen MR) is 117 cm³/mol. The van der Waals surface area contributed by atoms with Gasteiger partial charge in [0.15, 0.2) is 0 Å². The van der Waals surface area contributed by atoms with Crippen molar-refractivity contribution in [2.24, 2.45) is 0 Å². The van der Waals surface area contributed by atoms with Gasteiger partial charge in [-0.15, -0.1) is 0 Å². The van der Waals surface area contributed by atoms with Gasteiger partial charge < -0.3 is 16.0 Å². The van der Waals surface area contributed by atoms with Crippen molar-refractivity contribution in [2.45, 2.75) is 13.5 Å². The molecule has 6 heteroatoms. The Bertz CT molecular complexity index is 1080. The third-order valence-electron chi connectivity index (χ3n) is 4.46. The van der Waals surface area contributed by atoms with Crippen molar-refractivity contribution in [2.75, 3.05) is 17.2 Å². The van der Waals surface area contributed by atoms with Gasteiger partial charge in [0.1, 0.15) is 0 Å². The molecule has 3 aromatic rings. The molecule has 0 saturated heterocycles. The van der Waals surface area contributed by atoms with E-state index in [9.17, 15) is 9.59 Å². The second-order valence-corrected chi connectivity index (χ2v) is 6.81. The van der Waals surface area contributed by atoms with E-state index < -0.39 is 0 Å². The summed E-state index contributed by atoms with van der Waals surface area (Å²) in [4.78, 5) is 25.0. The minimum absolute atomic E-state index is 0.00814. The molecule has 0 atom stereocenters. The van der Waals surface area contributed by atoms with Crippen LogP contribution in [-0.4, -0.2) is 18.4 Å². The van der Waals surface area contributed by atoms with Crippen molar-refractivity contribution < 1.29 is 9.59 Å². The lowest BCUT2D eigenvalue weighted by Crippen LogP contribution is -2.26. The topological polar surface area (TPSA) is 94.0 Å². The maximum Gasteiger partial charge on any atom is 0.253 e. The van der Waals surface area contributed by atoms with Crippen LogP contribution in [0.1, 0.15) is 27.0 Å². The van der Waals surface area contributed by atoms with Gasteiger partial charge in [-0.05, 0) is 42.8 Å². The fraction of sp³-hybridized carbons (Fsp3) is 0.125. The van der Waals surface area contributed by atoms with E-state index in [2.05, 4.69) is 22.0 Å². The van der Waals surface area contributed by atoms with Crippen LogP contribution in [0.3, 0.4) is 0 Å². The largest absolute Gasteiger partial charge is 0.376 e. The van der Waals surface area contributed by atoms with Crippen molar-refractivity contribution in [3.8, 4) is 6.07 Å². The van der Waals surface area contributed by atoms with Crippen LogP contribution in [0.25, 0.3) is 0 Å². The van der Waals surface area contributed by atoms with Crippen molar-refractivity contribution in [3.05, 3.63) is 95.1 Å². The Kier molecular flexibility index (Phi) is 6.80. The van der Waals surface area contributed by atoms with E-state index in [1.54, 1.807) is 48.5 Å². The number of nitrogens with zero attached hydrogens (tertiary/aromatic N) is 1. The van der Waals surface area contributed by atoms with Gasteiger partial charge in [0.05, 0.1) is 29.4 Å². The third kappa shape index (κ3) is 5.69. The fourth-order valence-corrected chi connectivity index (χ4v) is 2.85. The molecular formula is C24H22N4O2. The minimum atomic E-state index is -0.295. The van der Waals surface area contributed by atoms with Crippen LogP contribution in [0.15, 0.2) is 72.8 Å². The summed E-state index contributed by atoms with van der Waals surface area (Å²) >= 11 is 0. The Hall–Kier alpha value is -4.11. The zero-order valence-corrected chi connectivity index (χ0v) is 16.6. The Morgan fingerprint density at radius 3 is 2.50 bits per heavy atom. The molecule has 0 unspecified atom stereocenters. The Balaban J connectivity index is 1.59. The SMILES string of the molecule is Cc1ccc(CNC(=O)c2ccccc2NC(=O)CNc2cccc(C#N)c2)cc1. The second-order valence-electron chi connectivity index (χ2n) is 6.81. The first-order valence-corrected chi connectivity index (χ1v) is 9.52. The molecule has 0 saturated carbocycles. The molecule has 0 fully saturated rings. The smallest absolute Gasteiger partial charge is 0.253 e. The number of hydrogen-bond donors (Lipinski definition) is 3. The van der Waals surface area contributed by atoms with Crippen LogP contribution < -0.4 is 16.0 Å². The highest BCUT2D eigenvalue weighted by Crippen LogP contribution is 2.16. The quantitative estimate of drug-likeness (QED) is 0.563. The van der Waals surface area contributed by atoms with E-state index in [1.165, 1.54) is 0 Å². The number of rotatable bonds is 7. The van der Waals surface area contributed by atoms with E-state index in [1.807, 2.05) is 31.2 Å². The second kappa shape index (κ2) is 9.89. The molecule has 0 spiro atoms. The minimum Gasteiger partial charge on any atom is -0.376 e. The zero-order valence-electron chi connectivity index (χ0n) is 16.6. The number of carbonyl (C=O) groups is 2. The van der Waals surface area contributed by atoms with Gasteiger partial charge in [0.2, 0.25) is 5.91 Å². The van der Waals surface area contributed by atoms with Gasteiger partial charge in [0.25, 0.3) is 5.91 Å². The number of nitriles is 1. The van der Waals surface area contributed by atoms with Crippen LogP contribution in [-0.2, 0) is 11.3 Å². The lowest BCUT2D eigenvalue weighted by atomic mass is 10.1. The highest BCUT2D eigenvalue weighted by molar-refractivity contribution is 6.04. The number of amides is 2. The summed E-state index contributed by atoms with van der Waals surface area (Å²) in [6.45, 7) is 2.42. The number of carbonyl (C=O) groups excluding carboxylic acids is 2. The zero-order chi connectivity index (χ0) is 21.3. The molecule has 6 nitrogen and oxygen atoms in total. The van der Waals surface area contributed by atoms with Gasteiger partial charge >= 0.3 is 0 Å². The number of benzene rings is 3. The maximum absolute atomic E-state index is 12.6. The summed E-state index contributed by atoms with van der Waals surface area (Å²) in [5.41, 5.74) is 4.18. The van der Waals surface area contributed by atoms with E-state index >= 15 is 0 Å². The first-order chi connectivity index (χ1) is 14.5. The summed E-state index contributed by atoms with van der Waals surface area (Å²) in [6, 6.07) is 23.7. The van der Waals surface area contributed by atoms with Gasteiger partial charge in [0, 0.05) is 12.2 Å². The first-order valence-electron chi connectivity index (χ1n) is 9.52. The molecule has 0 radical (unpaired) electrons. The highest BCUT2D eigenvalue weighted by Gasteiger charge is 2.13. The summed E-state index contributed by atoms with van der Waals surface area (Å²) in [5.74, 6) is -0.558. The fourth-order valence-electron chi connectivity index (χ4n) is 2.85. The first kappa shape index (κ1) is 20.6. The van der Waals surface area contributed by atoms with Crippen LogP contribution in [0.5, 0.6) is 0 Å². The lowest BCUT2D eigenvalue weighted by molar-refractivity contribution is -0.114. The summed E-state index contributed by atoms with van der Waals surface area (Å²) < 4.78 is 0. The van der Waals surface area contributed by atoms with Crippen LogP contribution in [0, 0.1) is 18.3 Å². The molecule has 2 amide bonds. The van der Waals surface area contributed by atoms with E-state index in [4.69, 9.17) is 5.26 Å². The monoisotopic (exact) mass is 398 g/mol. The highest BCUT2D eigenvalue weighted by atomic mass is 16.2.